The molecule has 2 amide bonds. The van der Waals surface area contributed by atoms with Gasteiger partial charge in [-0.15, -0.1) is 0 Å². The van der Waals surface area contributed by atoms with Crippen molar-refractivity contribution in [2.75, 3.05) is 40.0 Å². The Kier molecular flexibility index (Phi) is 13.3. The van der Waals surface area contributed by atoms with Crippen LogP contribution >= 0.6 is 22.6 Å². The van der Waals surface area contributed by atoms with Crippen LogP contribution in [0.4, 0.5) is 0 Å². The van der Waals surface area contributed by atoms with Crippen molar-refractivity contribution in [3.05, 3.63) is 68.8 Å². The lowest BCUT2D eigenvalue weighted by atomic mass is 9.87. The SMILES string of the molecule is CCOCCCN(C(=O)Cc1ccccc1)C1CC(C(=O)NCCO)=CC(Oc2c(I)cc(CO)cc2OC)C1O. The summed E-state index contributed by atoms with van der Waals surface area (Å²) >= 11 is 2.06. The van der Waals surface area contributed by atoms with E-state index in [1.165, 1.54) is 7.11 Å². The topological polar surface area (TPSA) is 138 Å². The van der Waals surface area contributed by atoms with Gasteiger partial charge in [-0.25, -0.2) is 0 Å². The van der Waals surface area contributed by atoms with E-state index in [1.54, 1.807) is 23.1 Å². The summed E-state index contributed by atoms with van der Waals surface area (Å²) in [4.78, 5) is 28.4. The fraction of sp³-hybridized carbons (Fsp3) is 0.467. The zero-order valence-corrected chi connectivity index (χ0v) is 25.6. The van der Waals surface area contributed by atoms with Crippen LogP contribution in [-0.4, -0.2) is 90.3 Å². The largest absolute Gasteiger partial charge is 0.493 e. The molecule has 3 rings (SSSR count). The molecule has 2 aromatic rings. The maximum atomic E-state index is 13.7. The fourth-order valence-corrected chi connectivity index (χ4v) is 5.52. The van der Waals surface area contributed by atoms with Gasteiger partial charge in [0.1, 0.15) is 12.2 Å². The molecule has 1 aliphatic rings. The average Bonchev–Trinajstić information content (AvgIpc) is 2.98. The van der Waals surface area contributed by atoms with Gasteiger partial charge in [-0.1, -0.05) is 30.3 Å². The summed E-state index contributed by atoms with van der Waals surface area (Å²) in [5.41, 5.74) is 1.81. The molecule has 0 aliphatic heterocycles. The Bertz CT molecular complexity index is 1180. The van der Waals surface area contributed by atoms with Gasteiger partial charge < -0.3 is 39.7 Å². The standard InChI is InChI=1S/C30H39IN2O8/c1-3-40-13-7-11-33(27(36)16-20-8-5-4-6-9-20)24-17-22(30(38)32-10-12-34)18-25(28(24)37)41-29-23(31)14-21(19-35)15-26(29)39-2/h4-6,8-9,14-15,18,24-25,28,34-35,37H,3,7,10-13,16-17,19H2,1-2H3,(H,32,38). The Hall–Kier alpha value is -2.71. The molecule has 4 N–H and O–H groups in total. The van der Waals surface area contributed by atoms with Crippen LogP contribution in [0, 0.1) is 3.57 Å². The summed E-state index contributed by atoms with van der Waals surface area (Å²) < 4.78 is 17.9. The number of methoxy groups -OCH3 is 1. The number of benzene rings is 2. The summed E-state index contributed by atoms with van der Waals surface area (Å²) in [6, 6.07) is 12.0. The van der Waals surface area contributed by atoms with Crippen LogP contribution in [0.3, 0.4) is 0 Å². The van der Waals surface area contributed by atoms with Crippen molar-refractivity contribution in [3.63, 3.8) is 0 Å². The van der Waals surface area contributed by atoms with Crippen LogP contribution in [0.15, 0.2) is 54.1 Å². The van der Waals surface area contributed by atoms with Crippen LogP contribution in [0.2, 0.25) is 0 Å². The molecular weight excluding hydrogens is 643 g/mol. The molecule has 11 heteroatoms. The first-order valence-corrected chi connectivity index (χ1v) is 14.7. The third-order valence-corrected chi connectivity index (χ3v) is 7.55. The van der Waals surface area contributed by atoms with Crippen molar-refractivity contribution >= 4 is 34.4 Å². The highest BCUT2D eigenvalue weighted by Gasteiger charge is 2.40. The Morgan fingerprint density at radius 1 is 1.15 bits per heavy atom. The number of carbonyl (C=O) groups is 2. The fourth-order valence-electron chi connectivity index (χ4n) is 4.72. The molecule has 0 saturated heterocycles. The highest BCUT2D eigenvalue weighted by atomic mass is 127. The number of carbonyl (C=O) groups excluding carboxylic acids is 2. The van der Waals surface area contributed by atoms with E-state index in [0.29, 0.717) is 52.4 Å². The second kappa shape index (κ2) is 16.7. The number of aliphatic hydroxyl groups is 3. The highest BCUT2D eigenvalue weighted by molar-refractivity contribution is 14.1. The van der Waals surface area contributed by atoms with Crippen molar-refractivity contribution in [2.24, 2.45) is 0 Å². The minimum absolute atomic E-state index is 0.0638. The molecule has 0 heterocycles. The zero-order valence-electron chi connectivity index (χ0n) is 23.4. The van der Waals surface area contributed by atoms with Crippen LogP contribution in [0.5, 0.6) is 11.5 Å². The third-order valence-electron chi connectivity index (χ3n) is 6.75. The predicted molar refractivity (Wildman–Crippen MR) is 162 cm³/mol. The molecule has 0 saturated carbocycles. The van der Waals surface area contributed by atoms with Gasteiger partial charge in [-0.2, -0.15) is 0 Å². The summed E-state index contributed by atoms with van der Waals surface area (Å²) in [6.07, 6.45) is 0.176. The van der Waals surface area contributed by atoms with Crippen LogP contribution in [-0.2, 0) is 27.4 Å². The molecule has 0 bridgehead atoms. The first kappa shape index (κ1) is 32.8. The second-order valence-electron chi connectivity index (χ2n) is 9.58. The Morgan fingerprint density at radius 3 is 2.56 bits per heavy atom. The van der Waals surface area contributed by atoms with Crippen molar-refractivity contribution in [2.45, 2.75) is 51.0 Å². The van der Waals surface area contributed by atoms with Crippen molar-refractivity contribution in [1.29, 1.82) is 0 Å². The van der Waals surface area contributed by atoms with Gasteiger partial charge in [-0.3, -0.25) is 9.59 Å². The monoisotopic (exact) mass is 682 g/mol. The number of halogens is 1. The zero-order chi connectivity index (χ0) is 29.8. The van der Waals surface area contributed by atoms with E-state index in [1.807, 2.05) is 37.3 Å². The lowest BCUT2D eigenvalue weighted by Gasteiger charge is -2.41. The molecule has 224 valence electrons. The number of ether oxygens (including phenoxy) is 3. The van der Waals surface area contributed by atoms with Crippen LogP contribution < -0.4 is 14.8 Å². The number of rotatable bonds is 15. The summed E-state index contributed by atoms with van der Waals surface area (Å²) in [5, 5.41) is 33.2. The van der Waals surface area contributed by atoms with Gasteiger partial charge in [0.05, 0.1) is 36.4 Å². The molecule has 10 nitrogen and oxygen atoms in total. The molecule has 0 spiro atoms. The summed E-state index contributed by atoms with van der Waals surface area (Å²) in [5.74, 6) is 0.113. The number of nitrogens with zero attached hydrogens (tertiary/aromatic N) is 1. The minimum atomic E-state index is -1.17. The smallest absolute Gasteiger partial charge is 0.247 e. The van der Waals surface area contributed by atoms with Crippen molar-refractivity contribution in [1.82, 2.24) is 10.2 Å². The van der Waals surface area contributed by atoms with E-state index in [2.05, 4.69) is 27.9 Å². The Labute approximate surface area is 254 Å². The van der Waals surface area contributed by atoms with E-state index < -0.39 is 24.2 Å². The van der Waals surface area contributed by atoms with Crippen molar-refractivity contribution < 1.29 is 39.1 Å². The van der Waals surface area contributed by atoms with Gasteiger partial charge in [0, 0.05) is 38.3 Å². The molecule has 3 atom stereocenters. The molecule has 0 radical (unpaired) electrons. The first-order valence-electron chi connectivity index (χ1n) is 13.7. The van der Waals surface area contributed by atoms with Gasteiger partial charge in [-0.05, 0) is 65.3 Å². The summed E-state index contributed by atoms with van der Waals surface area (Å²) in [7, 11) is 1.48. The molecule has 2 aromatic carbocycles. The second-order valence-corrected chi connectivity index (χ2v) is 10.7. The Balaban J connectivity index is 1.98. The number of hydrogen-bond donors (Lipinski definition) is 4. The number of aliphatic hydroxyl groups excluding tert-OH is 3. The number of amides is 2. The maximum absolute atomic E-state index is 13.7. The van der Waals surface area contributed by atoms with Crippen molar-refractivity contribution in [3.8, 4) is 11.5 Å². The van der Waals surface area contributed by atoms with Gasteiger partial charge in [0.2, 0.25) is 11.8 Å². The highest BCUT2D eigenvalue weighted by Crippen LogP contribution is 2.37. The molecule has 1 aliphatic carbocycles. The minimum Gasteiger partial charge on any atom is -0.493 e. The van der Waals surface area contributed by atoms with E-state index in [4.69, 9.17) is 14.2 Å². The maximum Gasteiger partial charge on any atom is 0.247 e. The molecule has 41 heavy (non-hydrogen) atoms. The normalized spacial score (nSPS) is 18.4. The molecule has 0 aromatic heterocycles. The quantitative estimate of drug-likeness (QED) is 0.166. The third kappa shape index (κ3) is 9.14. The van der Waals surface area contributed by atoms with Crippen LogP contribution in [0.1, 0.15) is 30.9 Å². The average molecular weight is 683 g/mol. The van der Waals surface area contributed by atoms with Crippen LogP contribution in [0.25, 0.3) is 0 Å². The van der Waals surface area contributed by atoms with E-state index in [0.717, 1.165) is 5.56 Å². The van der Waals surface area contributed by atoms with E-state index >= 15 is 0 Å². The lowest BCUT2D eigenvalue weighted by molar-refractivity contribution is -0.138. The molecule has 3 unspecified atom stereocenters. The molecule has 0 fully saturated rings. The van der Waals surface area contributed by atoms with E-state index in [9.17, 15) is 24.9 Å². The predicted octanol–water partition coefficient (Wildman–Crippen LogP) is 2.21. The number of hydrogen-bond acceptors (Lipinski definition) is 8. The van der Waals surface area contributed by atoms with Gasteiger partial charge in [0.25, 0.3) is 0 Å². The van der Waals surface area contributed by atoms with Gasteiger partial charge >= 0.3 is 0 Å². The number of nitrogens with one attached hydrogen (secondary N) is 1. The van der Waals surface area contributed by atoms with E-state index in [-0.39, 0.29) is 38.5 Å². The lowest BCUT2D eigenvalue weighted by Crippen LogP contribution is -2.55. The first-order chi connectivity index (χ1) is 19.8. The molecular formula is C30H39IN2O8. The Morgan fingerprint density at radius 2 is 1.90 bits per heavy atom. The van der Waals surface area contributed by atoms with Gasteiger partial charge in [0.15, 0.2) is 11.5 Å². The summed E-state index contributed by atoms with van der Waals surface area (Å²) in [6.45, 7) is 2.86.